The largest absolute Gasteiger partial charge is 0.481 e. The number of carboxylic acids is 1. The molecule has 0 spiro atoms. The van der Waals surface area contributed by atoms with Gasteiger partial charge in [-0.2, -0.15) is 0 Å². The molecule has 0 saturated heterocycles. The highest BCUT2D eigenvalue weighted by Crippen LogP contribution is 2.39. The molecule has 4 heteroatoms. The summed E-state index contributed by atoms with van der Waals surface area (Å²) in [6.45, 7) is 7.11. The average molecular weight is 252 g/mol. The third-order valence-corrected chi connectivity index (χ3v) is 2.99. The zero-order chi connectivity index (χ0) is 14.0. The van der Waals surface area contributed by atoms with E-state index in [0.717, 1.165) is 0 Å². The number of aliphatic carboxylic acids is 1. The minimum absolute atomic E-state index is 0.389. The molecule has 0 radical (unpaired) electrons. The molecule has 1 aliphatic carbocycles. The number of carboxylic acid groups (broad SMARTS) is 1. The predicted octanol–water partition coefficient (Wildman–Crippen LogP) is 2.55. The van der Waals surface area contributed by atoms with E-state index in [9.17, 15) is 14.7 Å². The van der Waals surface area contributed by atoms with Gasteiger partial charge in [0.1, 0.15) is 11.0 Å². The van der Waals surface area contributed by atoms with E-state index in [1.54, 1.807) is 45.9 Å². The second-order valence-electron chi connectivity index (χ2n) is 5.46. The summed E-state index contributed by atoms with van der Waals surface area (Å²) in [7, 11) is 0. The summed E-state index contributed by atoms with van der Waals surface area (Å²) in [6.07, 6.45) is 6.92. The third-order valence-electron chi connectivity index (χ3n) is 2.99. The molecule has 2 unspecified atom stereocenters. The lowest BCUT2D eigenvalue weighted by atomic mass is 9.70. The number of hydrogen-bond acceptors (Lipinski definition) is 3. The Morgan fingerprint density at radius 1 is 1.33 bits per heavy atom. The van der Waals surface area contributed by atoms with Crippen LogP contribution in [-0.4, -0.2) is 22.6 Å². The first-order valence-corrected chi connectivity index (χ1v) is 6.05. The molecule has 18 heavy (non-hydrogen) atoms. The maximum absolute atomic E-state index is 12.3. The molecule has 0 aliphatic heterocycles. The van der Waals surface area contributed by atoms with E-state index in [0.29, 0.717) is 6.42 Å². The Kier molecular flexibility index (Phi) is 3.99. The summed E-state index contributed by atoms with van der Waals surface area (Å²) in [6, 6.07) is 0. The van der Waals surface area contributed by atoms with Crippen LogP contribution < -0.4 is 0 Å². The highest BCUT2D eigenvalue weighted by Gasteiger charge is 2.48. The summed E-state index contributed by atoms with van der Waals surface area (Å²) in [5, 5.41) is 9.26. The quantitative estimate of drug-likeness (QED) is 0.784. The molecule has 1 aliphatic rings. The fourth-order valence-electron chi connectivity index (χ4n) is 2.03. The van der Waals surface area contributed by atoms with Gasteiger partial charge in [0, 0.05) is 0 Å². The molecular weight excluding hydrogens is 232 g/mol. The van der Waals surface area contributed by atoms with Gasteiger partial charge in [0.15, 0.2) is 0 Å². The van der Waals surface area contributed by atoms with E-state index in [1.807, 2.05) is 0 Å². The van der Waals surface area contributed by atoms with Crippen molar-refractivity contribution in [3.05, 3.63) is 24.3 Å². The van der Waals surface area contributed by atoms with Crippen LogP contribution in [0.25, 0.3) is 0 Å². The summed E-state index contributed by atoms with van der Waals surface area (Å²) >= 11 is 0. The van der Waals surface area contributed by atoms with Crippen LogP contribution in [-0.2, 0) is 14.3 Å². The summed E-state index contributed by atoms with van der Waals surface area (Å²) in [5.41, 5.74) is -1.73. The standard InChI is InChI=1S/C14H20O4/c1-5-14(12(17)18-13(2,3)4)9-7-6-8-10(14)11(15)16/h6-10H,5H2,1-4H3,(H,15,16). The van der Waals surface area contributed by atoms with Crippen molar-refractivity contribution in [1.29, 1.82) is 0 Å². The van der Waals surface area contributed by atoms with Crippen LogP contribution in [0.2, 0.25) is 0 Å². The van der Waals surface area contributed by atoms with Gasteiger partial charge in [-0.1, -0.05) is 31.2 Å². The number of rotatable bonds is 3. The van der Waals surface area contributed by atoms with Crippen molar-refractivity contribution in [2.75, 3.05) is 0 Å². The number of hydrogen-bond donors (Lipinski definition) is 1. The van der Waals surface area contributed by atoms with Gasteiger partial charge in [0.2, 0.25) is 0 Å². The first kappa shape index (κ1) is 14.5. The SMILES string of the molecule is CCC1(C(=O)OC(C)(C)C)C=CC=CC1C(=O)O. The zero-order valence-electron chi connectivity index (χ0n) is 11.3. The monoisotopic (exact) mass is 252 g/mol. The Bertz CT molecular complexity index is 401. The molecule has 0 bridgehead atoms. The average Bonchev–Trinajstić information content (AvgIpc) is 2.26. The van der Waals surface area contributed by atoms with Gasteiger partial charge >= 0.3 is 11.9 Å². The molecule has 4 nitrogen and oxygen atoms in total. The Labute approximate surface area is 107 Å². The molecule has 0 heterocycles. The zero-order valence-corrected chi connectivity index (χ0v) is 11.3. The molecular formula is C14H20O4. The van der Waals surface area contributed by atoms with E-state index >= 15 is 0 Å². The van der Waals surface area contributed by atoms with Crippen LogP contribution in [0.1, 0.15) is 34.1 Å². The summed E-state index contributed by atoms with van der Waals surface area (Å²) in [5.74, 6) is -2.36. The van der Waals surface area contributed by atoms with Gasteiger partial charge in [-0.05, 0) is 27.2 Å². The van der Waals surface area contributed by atoms with Gasteiger partial charge in [0.25, 0.3) is 0 Å². The molecule has 0 amide bonds. The Balaban J connectivity index is 3.11. The maximum Gasteiger partial charge on any atom is 0.317 e. The van der Waals surface area contributed by atoms with E-state index in [4.69, 9.17) is 4.74 Å². The van der Waals surface area contributed by atoms with Crippen molar-refractivity contribution in [1.82, 2.24) is 0 Å². The van der Waals surface area contributed by atoms with E-state index in [1.165, 1.54) is 6.08 Å². The summed E-state index contributed by atoms with van der Waals surface area (Å²) in [4.78, 5) is 23.6. The van der Waals surface area contributed by atoms with Crippen LogP contribution in [0.15, 0.2) is 24.3 Å². The maximum atomic E-state index is 12.3. The molecule has 0 aromatic rings. The van der Waals surface area contributed by atoms with E-state index < -0.39 is 28.9 Å². The van der Waals surface area contributed by atoms with Crippen LogP contribution >= 0.6 is 0 Å². The number of ether oxygens (including phenoxy) is 1. The highest BCUT2D eigenvalue weighted by molar-refractivity contribution is 5.88. The number of allylic oxidation sites excluding steroid dienone is 2. The van der Waals surface area contributed by atoms with Gasteiger partial charge in [-0.15, -0.1) is 0 Å². The second-order valence-corrected chi connectivity index (χ2v) is 5.46. The number of carbonyl (C=O) groups excluding carboxylic acids is 1. The minimum atomic E-state index is -1.10. The molecule has 2 atom stereocenters. The van der Waals surface area contributed by atoms with Crippen molar-refractivity contribution in [2.24, 2.45) is 11.3 Å². The van der Waals surface area contributed by atoms with Gasteiger partial charge in [-0.3, -0.25) is 9.59 Å². The van der Waals surface area contributed by atoms with Gasteiger partial charge in [-0.25, -0.2) is 0 Å². The van der Waals surface area contributed by atoms with Crippen LogP contribution in [0.5, 0.6) is 0 Å². The van der Waals surface area contributed by atoms with E-state index in [-0.39, 0.29) is 0 Å². The highest BCUT2D eigenvalue weighted by atomic mass is 16.6. The predicted molar refractivity (Wildman–Crippen MR) is 68.0 cm³/mol. The molecule has 100 valence electrons. The van der Waals surface area contributed by atoms with Crippen molar-refractivity contribution >= 4 is 11.9 Å². The van der Waals surface area contributed by atoms with Gasteiger partial charge in [0.05, 0.1) is 5.92 Å². The molecule has 0 aromatic heterocycles. The lowest BCUT2D eigenvalue weighted by Crippen LogP contribution is -2.44. The smallest absolute Gasteiger partial charge is 0.317 e. The topological polar surface area (TPSA) is 63.6 Å². The van der Waals surface area contributed by atoms with Crippen LogP contribution in [0.3, 0.4) is 0 Å². The fourth-order valence-corrected chi connectivity index (χ4v) is 2.03. The molecule has 1 rings (SSSR count). The summed E-state index contributed by atoms with van der Waals surface area (Å²) < 4.78 is 5.36. The number of carbonyl (C=O) groups is 2. The molecule has 1 N–H and O–H groups in total. The Morgan fingerprint density at radius 2 is 1.94 bits per heavy atom. The first-order chi connectivity index (χ1) is 8.23. The Morgan fingerprint density at radius 3 is 2.39 bits per heavy atom. The van der Waals surface area contributed by atoms with E-state index in [2.05, 4.69) is 0 Å². The van der Waals surface area contributed by atoms with Crippen molar-refractivity contribution in [2.45, 2.75) is 39.7 Å². The van der Waals surface area contributed by atoms with Crippen LogP contribution in [0.4, 0.5) is 0 Å². The Hall–Kier alpha value is -1.58. The fraction of sp³-hybridized carbons (Fsp3) is 0.571. The molecule has 0 aromatic carbocycles. The van der Waals surface area contributed by atoms with Crippen molar-refractivity contribution in [3.63, 3.8) is 0 Å². The second kappa shape index (κ2) is 4.96. The lowest BCUT2D eigenvalue weighted by molar-refractivity contribution is -0.171. The van der Waals surface area contributed by atoms with Crippen LogP contribution in [0, 0.1) is 11.3 Å². The first-order valence-electron chi connectivity index (χ1n) is 6.05. The third kappa shape index (κ3) is 2.81. The minimum Gasteiger partial charge on any atom is -0.481 e. The van der Waals surface area contributed by atoms with Crippen molar-refractivity contribution < 1.29 is 19.4 Å². The molecule has 0 fully saturated rings. The lowest BCUT2D eigenvalue weighted by Gasteiger charge is -2.35. The number of esters is 1. The van der Waals surface area contributed by atoms with Crippen molar-refractivity contribution in [3.8, 4) is 0 Å². The normalized spacial score (nSPS) is 27.0. The van der Waals surface area contributed by atoms with Gasteiger partial charge < -0.3 is 9.84 Å². The molecule has 0 saturated carbocycles.